The van der Waals surface area contributed by atoms with Gasteiger partial charge in [-0.1, -0.05) is 0 Å². The van der Waals surface area contributed by atoms with E-state index in [4.69, 9.17) is 23.4 Å². The fourth-order valence-corrected chi connectivity index (χ4v) is 7.59. The zero-order valence-electron chi connectivity index (χ0n) is 24.2. The number of ether oxygens (including phenoxy) is 4. The van der Waals surface area contributed by atoms with Crippen LogP contribution in [0.3, 0.4) is 0 Å². The van der Waals surface area contributed by atoms with Crippen molar-refractivity contribution < 1.29 is 58.5 Å². The van der Waals surface area contributed by atoms with E-state index in [0.29, 0.717) is 30.5 Å². The molecular weight excluding hydrogens is 566 g/mol. The van der Waals surface area contributed by atoms with Gasteiger partial charge >= 0.3 is 5.97 Å². The smallest absolute Gasteiger partial charge is 0.309 e. The maximum Gasteiger partial charge on any atom is 0.309 e. The number of benzene rings is 1. The van der Waals surface area contributed by atoms with Crippen molar-refractivity contribution in [3.05, 3.63) is 23.0 Å². The van der Waals surface area contributed by atoms with Gasteiger partial charge in [-0.05, 0) is 50.5 Å². The number of carbonyl (C=O) groups excluding carboxylic acids is 2. The molecule has 13 heteroatoms. The third-order valence-corrected chi connectivity index (χ3v) is 9.67. The molecule has 2 aliphatic heterocycles. The van der Waals surface area contributed by atoms with E-state index in [0.717, 1.165) is 16.5 Å². The maximum atomic E-state index is 13.1. The highest BCUT2D eigenvalue weighted by molar-refractivity contribution is 5.97. The van der Waals surface area contributed by atoms with Crippen LogP contribution >= 0.6 is 0 Å². The molecule has 43 heavy (non-hydrogen) atoms. The lowest BCUT2D eigenvalue weighted by Gasteiger charge is -2.48. The van der Waals surface area contributed by atoms with E-state index in [2.05, 4.69) is 5.32 Å². The highest BCUT2D eigenvalue weighted by Gasteiger charge is 2.56. The first kappa shape index (κ1) is 30.1. The Morgan fingerprint density at radius 3 is 2.67 bits per heavy atom. The molecule has 1 aromatic carbocycles. The van der Waals surface area contributed by atoms with Crippen molar-refractivity contribution in [1.29, 1.82) is 0 Å². The SMILES string of the molecule is CCOC(=O)[C@@H]1Cc2c(O[C@@H]3O[C@H](CO)[C@@H](O)[C@H](O)[C@]3(O)CCCO)c(OC)c3occ4c3c2[C@@H](C1)C[C@H]1C(=O)NC[C@H]41. The highest BCUT2D eigenvalue weighted by atomic mass is 16.7. The molecule has 3 heterocycles. The summed E-state index contributed by atoms with van der Waals surface area (Å²) in [4.78, 5) is 26.1. The number of furan rings is 1. The predicted molar refractivity (Wildman–Crippen MR) is 147 cm³/mol. The van der Waals surface area contributed by atoms with Crippen molar-refractivity contribution in [2.45, 2.75) is 81.1 Å². The number of rotatable bonds is 9. The summed E-state index contributed by atoms with van der Waals surface area (Å²) < 4.78 is 29.6. The molecule has 6 rings (SSSR count). The van der Waals surface area contributed by atoms with Gasteiger partial charge in [0, 0.05) is 41.5 Å². The van der Waals surface area contributed by atoms with E-state index >= 15 is 0 Å². The molecule has 4 aliphatic rings. The minimum absolute atomic E-state index is 0.0532. The van der Waals surface area contributed by atoms with Gasteiger partial charge in [0.1, 0.15) is 18.3 Å². The molecule has 0 bridgehead atoms. The monoisotopic (exact) mass is 605 g/mol. The molecule has 2 saturated heterocycles. The third kappa shape index (κ3) is 4.68. The van der Waals surface area contributed by atoms with Gasteiger partial charge < -0.3 is 54.2 Å². The van der Waals surface area contributed by atoms with E-state index in [-0.39, 0.29) is 73.6 Å². The lowest BCUT2D eigenvalue weighted by molar-refractivity contribution is -0.322. The number of aliphatic hydroxyl groups is 5. The quantitative estimate of drug-likeness (QED) is 0.213. The predicted octanol–water partition coefficient (Wildman–Crippen LogP) is 0.205. The van der Waals surface area contributed by atoms with Crippen molar-refractivity contribution >= 4 is 22.8 Å². The molecule has 0 spiro atoms. The van der Waals surface area contributed by atoms with Crippen LogP contribution in [0, 0.1) is 11.8 Å². The summed E-state index contributed by atoms with van der Waals surface area (Å²) in [7, 11) is 1.43. The summed E-state index contributed by atoms with van der Waals surface area (Å²) in [5.41, 5.74) is 0.526. The number of esters is 1. The van der Waals surface area contributed by atoms with E-state index in [9.17, 15) is 35.1 Å². The molecule has 2 fully saturated rings. The van der Waals surface area contributed by atoms with Crippen LogP contribution in [0.5, 0.6) is 11.5 Å². The van der Waals surface area contributed by atoms with Gasteiger partial charge in [0.15, 0.2) is 16.9 Å². The summed E-state index contributed by atoms with van der Waals surface area (Å²) in [6, 6.07) is 0. The molecule has 1 aromatic heterocycles. The molecule has 9 atom stereocenters. The van der Waals surface area contributed by atoms with Gasteiger partial charge in [-0.15, -0.1) is 0 Å². The van der Waals surface area contributed by atoms with Crippen LogP contribution in [0.25, 0.3) is 11.0 Å². The molecule has 2 aliphatic carbocycles. The fraction of sp³-hybridized carbons (Fsp3) is 0.667. The Labute approximate surface area is 247 Å². The Morgan fingerprint density at radius 2 is 1.98 bits per heavy atom. The molecule has 0 saturated carbocycles. The van der Waals surface area contributed by atoms with E-state index in [1.54, 1.807) is 13.2 Å². The molecule has 236 valence electrons. The number of nitrogens with one attached hydrogen (secondary N) is 1. The number of hydrogen-bond donors (Lipinski definition) is 6. The topological polar surface area (TPSA) is 197 Å². The zero-order valence-corrected chi connectivity index (χ0v) is 24.2. The molecule has 6 N–H and O–H groups in total. The lowest BCUT2D eigenvalue weighted by atomic mass is 9.72. The largest absolute Gasteiger partial charge is 0.490 e. The van der Waals surface area contributed by atoms with Crippen molar-refractivity contribution in [2.24, 2.45) is 11.8 Å². The number of amides is 1. The second kappa shape index (κ2) is 11.5. The average molecular weight is 606 g/mol. The minimum Gasteiger partial charge on any atom is -0.490 e. The lowest BCUT2D eigenvalue weighted by Crippen LogP contribution is -2.68. The summed E-state index contributed by atoms with van der Waals surface area (Å²) in [5, 5.41) is 56.4. The van der Waals surface area contributed by atoms with Crippen molar-refractivity contribution in [2.75, 3.05) is 33.5 Å². The van der Waals surface area contributed by atoms with Gasteiger partial charge in [0.2, 0.25) is 17.9 Å². The van der Waals surface area contributed by atoms with Gasteiger partial charge in [-0.3, -0.25) is 9.59 Å². The van der Waals surface area contributed by atoms with Crippen LogP contribution in [0.4, 0.5) is 0 Å². The van der Waals surface area contributed by atoms with Gasteiger partial charge in [-0.25, -0.2) is 0 Å². The molecule has 0 unspecified atom stereocenters. The van der Waals surface area contributed by atoms with Gasteiger partial charge in [0.05, 0.1) is 32.5 Å². The van der Waals surface area contributed by atoms with E-state index in [1.807, 2.05) is 0 Å². The second-order valence-corrected chi connectivity index (χ2v) is 12.0. The molecule has 1 amide bonds. The Hall–Kier alpha value is -2.94. The standard InChI is InChI=1S/C30H39NO12/c1-3-40-28(37)14-7-13-8-15-17(10-31-27(15)36)18-12-41-24-21(18)20(13)16(9-14)23(25(24)39-2)43-29-30(38,5-4-6-32)26(35)22(34)19(11-33)42-29/h12-15,17,19,22,26,29,32-35,38H,3-11H2,1-2H3,(H,31,36)/t13-,14-,15+,17-,19+,22+,26-,29-,30+/m0/s1. The van der Waals surface area contributed by atoms with Gasteiger partial charge in [0.25, 0.3) is 0 Å². The van der Waals surface area contributed by atoms with Crippen LogP contribution in [0.1, 0.15) is 61.1 Å². The molecule has 13 nitrogen and oxygen atoms in total. The Balaban J connectivity index is 1.54. The average Bonchev–Trinajstić information content (AvgIpc) is 3.55. The van der Waals surface area contributed by atoms with Crippen LogP contribution < -0.4 is 14.8 Å². The number of fused-ring (bicyclic) bond motifs is 2. The molecule has 0 radical (unpaired) electrons. The number of hydrogen-bond acceptors (Lipinski definition) is 12. The van der Waals surface area contributed by atoms with Gasteiger partial charge in [-0.2, -0.15) is 0 Å². The number of methoxy groups -OCH3 is 1. The fourth-order valence-electron chi connectivity index (χ4n) is 7.59. The first-order valence-electron chi connectivity index (χ1n) is 14.9. The number of carbonyl (C=O) groups is 2. The summed E-state index contributed by atoms with van der Waals surface area (Å²) in [5.74, 6) is -1.39. The summed E-state index contributed by atoms with van der Waals surface area (Å²) in [6.07, 6.45) is -3.67. The highest BCUT2D eigenvalue weighted by Crippen LogP contribution is 2.57. The van der Waals surface area contributed by atoms with Crippen molar-refractivity contribution in [1.82, 2.24) is 5.32 Å². The molecule has 2 aromatic rings. The summed E-state index contributed by atoms with van der Waals surface area (Å²) in [6.45, 7) is 1.42. The Morgan fingerprint density at radius 1 is 1.19 bits per heavy atom. The Bertz CT molecular complexity index is 1390. The first-order valence-corrected chi connectivity index (χ1v) is 14.9. The normalized spacial score (nSPS) is 34.8. The number of aliphatic hydroxyl groups excluding tert-OH is 4. The van der Waals surface area contributed by atoms with Crippen LogP contribution in [-0.4, -0.2) is 101 Å². The van der Waals surface area contributed by atoms with Crippen LogP contribution in [-0.2, 0) is 25.5 Å². The van der Waals surface area contributed by atoms with E-state index in [1.165, 1.54) is 7.11 Å². The Kier molecular flexibility index (Phi) is 8.07. The van der Waals surface area contributed by atoms with Crippen LogP contribution in [0.2, 0.25) is 0 Å². The maximum absolute atomic E-state index is 13.1. The summed E-state index contributed by atoms with van der Waals surface area (Å²) >= 11 is 0. The first-order chi connectivity index (χ1) is 20.7. The van der Waals surface area contributed by atoms with Crippen molar-refractivity contribution in [3.8, 4) is 11.5 Å². The third-order valence-electron chi connectivity index (χ3n) is 9.67. The van der Waals surface area contributed by atoms with Crippen molar-refractivity contribution in [3.63, 3.8) is 0 Å². The molecular formula is C30H39NO12. The zero-order chi connectivity index (χ0) is 30.6. The minimum atomic E-state index is -2.19. The van der Waals surface area contributed by atoms with Crippen LogP contribution in [0.15, 0.2) is 10.7 Å². The second-order valence-electron chi connectivity index (χ2n) is 12.0. The van der Waals surface area contributed by atoms with E-state index < -0.39 is 42.7 Å².